The van der Waals surface area contributed by atoms with E-state index in [1.54, 1.807) is 17.0 Å². The number of rotatable bonds is 3. The van der Waals surface area contributed by atoms with E-state index in [-0.39, 0.29) is 23.9 Å². The van der Waals surface area contributed by atoms with Crippen LogP contribution in [-0.2, 0) is 16.1 Å². The first-order chi connectivity index (χ1) is 13.4. The van der Waals surface area contributed by atoms with Gasteiger partial charge in [-0.15, -0.1) is 0 Å². The second-order valence-electron chi connectivity index (χ2n) is 8.13. The summed E-state index contributed by atoms with van der Waals surface area (Å²) in [5.74, 6) is -0.353. The number of ether oxygens (including phenoxy) is 1. The number of carbonyl (C=O) groups excluding carboxylic acids is 1. The highest BCUT2D eigenvalue weighted by Crippen LogP contribution is 2.33. The van der Waals surface area contributed by atoms with Crippen LogP contribution in [0.25, 0.3) is 0 Å². The molecule has 0 saturated carbocycles. The molecule has 2 saturated heterocycles. The van der Waals surface area contributed by atoms with E-state index in [1.165, 1.54) is 28.8 Å². The molecule has 0 aliphatic carbocycles. The van der Waals surface area contributed by atoms with Gasteiger partial charge < -0.3 is 9.64 Å². The Morgan fingerprint density at radius 1 is 1.07 bits per heavy atom. The molecule has 2 aliphatic heterocycles. The smallest absolute Gasteiger partial charge is 0.253 e. The minimum atomic E-state index is -0.305. The normalized spacial score (nSPS) is 20.0. The van der Waals surface area contributed by atoms with Gasteiger partial charge in [-0.05, 0) is 62.1 Å². The average molecular weight is 382 g/mol. The maximum absolute atomic E-state index is 13.2. The Balaban J connectivity index is 1.42. The van der Waals surface area contributed by atoms with Crippen molar-refractivity contribution >= 4 is 11.6 Å². The van der Waals surface area contributed by atoms with Crippen LogP contribution in [-0.4, -0.2) is 42.6 Å². The maximum atomic E-state index is 13.2. The monoisotopic (exact) mass is 382 g/mol. The molecule has 2 aliphatic rings. The lowest BCUT2D eigenvalue weighted by Crippen LogP contribution is -2.58. The van der Waals surface area contributed by atoms with Gasteiger partial charge in [-0.25, -0.2) is 4.39 Å². The molecule has 0 N–H and O–H groups in total. The van der Waals surface area contributed by atoms with Crippen LogP contribution < -0.4 is 4.90 Å². The van der Waals surface area contributed by atoms with Crippen molar-refractivity contribution in [3.63, 3.8) is 0 Å². The molecular weight excluding hydrogens is 355 g/mol. The molecule has 4 rings (SSSR count). The SMILES string of the molecule is Cc1ccc(C)c(CN2CCC3(CC2)CN(c2ccc(F)cc2)C(=O)CO3)c1. The van der Waals surface area contributed by atoms with Gasteiger partial charge in [0.25, 0.3) is 5.91 Å². The molecule has 1 amide bonds. The zero-order valence-corrected chi connectivity index (χ0v) is 16.6. The molecule has 0 unspecified atom stereocenters. The number of nitrogens with zero attached hydrogens (tertiary/aromatic N) is 2. The van der Waals surface area contributed by atoms with Gasteiger partial charge in [0.2, 0.25) is 0 Å². The van der Waals surface area contributed by atoms with E-state index in [4.69, 9.17) is 4.74 Å². The fraction of sp³-hybridized carbons (Fsp3) is 0.435. The van der Waals surface area contributed by atoms with E-state index in [2.05, 4.69) is 36.9 Å². The standard InChI is InChI=1S/C23H27FN2O2/c1-17-3-4-18(2)19(13-17)14-25-11-9-23(10-12-25)16-26(22(27)15-28-23)21-7-5-20(24)6-8-21/h3-8,13H,9-12,14-16H2,1-2H3. The molecule has 148 valence electrons. The van der Waals surface area contributed by atoms with Crippen LogP contribution in [0.5, 0.6) is 0 Å². The predicted octanol–water partition coefficient (Wildman–Crippen LogP) is 3.84. The number of amides is 1. The van der Waals surface area contributed by atoms with Crippen molar-refractivity contribution in [1.29, 1.82) is 0 Å². The molecule has 28 heavy (non-hydrogen) atoms. The first-order valence-electron chi connectivity index (χ1n) is 9.93. The van der Waals surface area contributed by atoms with Gasteiger partial charge in [-0.1, -0.05) is 23.8 Å². The van der Waals surface area contributed by atoms with Crippen molar-refractivity contribution in [2.24, 2.45) is 0 Å². The fourth-order valence-electron chi connectivity index (χ4n) is 4.20. The number of piperidine rings is 1. The van der Waals surface area contributed by atoms with Gasteiger partial charge in [-0.3, -0.25) is 9.69 Å². The summed E-state index contributed by atoms with van der Waals surface area (Å²) in [5.41, 5.74) is 4.43. The highest BCUT2D eigenvalue weighted by molar-refractivity contribution is 5.95. The van der Waals surface area contributed by atoms with E-state index in [0.29, 0.717) is 6.54 Å². The lowest BCUT2D eigenvalue weighted by Gasteiger charge is -2.47. The Hall–Kier alpha value is -2.24. The number of benzene rings is 2. The molecule has 2 aromatic carbocycles. The van der Waals surface area contributed by atoms with Gasteiger partial charge >= 0.3 is 0 Å². The van der Waals surface area contributed by atoms with Crippen LogP contribution in [0.2, 0.25) is 0 Å². The van der Waals surface area contributed by atoms with Crippen molar-refractivity contribution < 1.29 is 13.9 Å². The summed E-state index contributed by atoms with van der Waals surface area (Å²) < 4.78 is 19.3. The average Bonchev–Trinajstić information content (AvgIpc) is 2.69. The van der Waals surface area contributed by atoms with Crippen molar-refractivity contribution in [3.05, 3.63) is 65.0 Å². The highest BCUT2D eigenvalue weighted by atomic mass is 19.1. The Morgan fingerprint density at radius 2 is 1.79 bits per heavy atom. The summed E-state index contributed by atoms with van der Waals surface area (Å²) in [6, 6.07) is 12.7. The number of carbonyl (C=O) groups is 1. The van der Waals surface area contributed by atoms with Gasteiger partial charge in [0.15, 0.2) is 0 Å². The van der Waals surface area contributed by atoms with Crippen molar-refractivity contribution in [3.8, 4) is 0 Å². The first-order valence-corrected chi connectivity index (χ1v) is 9.93. The number of morpholine rings is 1. The molecule has 2 fully saturated rings. The Kier molecular flexibility index (Phi) is 5.21. The summed E-state index contributed by atoms with van der Waals surface area (Å²) in [5, 5.41) is 0. The first kappa shape index (κ1) is 19.1. The maximum Gasteiger partial charge on any atom is 0.253 e. The summed E-state index contributed by atoms with van der Waals surface area (Å²) >= 11 is 0. The second-order valence-corrected chi connectivity index (χ2v) is 8.13. The molecule has 0 atom stereocenters. The van der Waals surface area contributed by atoms with Crippen molar-refractivity contribution in [2.45, 2.75) is 38.8 Å². The van der Waals surface area contributed by atoms with E-state index < -0.39 is 0 Å². The van der Waals surface area contributed by atoms with Crippen molar-refractivity contribution in [1.82, 2.24) is 4.90 Å². The van der Waals surface area contributed by atoms with E-state index in [9.17, 15) is 9.18 Å². The summed E-state index contributed by atoms with van der Waals surface area (Å²) in [6.45, 7) is 7.76. The van der Waals surface area contributed by atoms with Crippen LogP contribution in [0.15, 0.2) is 42.5 Å². The molecule has 0 bridgehead atoms. The third-order valence-corrected chi connectivity index (χ3v) is 6.05. The summed E-state index contributed by atoms with van der Waals surface area (Å²) in [7, 11) is 0. The van der Waals surface area contributed by atoms with E-state index >= 15 is 0 Å². The zero-order chi connectivity index (χ0) is 19.7. The second kappa shape index (κ2) is 7.64. The van der Waals surface area contributed by atoms with Crippen LogP contribution in [0.1, 0.15) is 29.5 Å². The van der Waals surface area contributed by atoms with E-state index in [0.717, 1.165) is 38.2 Å². The third kappa shape index (κ3) is 3.96. The fourth-order valence-corrected chi connectivity index (χ4v) is 4.20. The Morgan fingerprint density at radius 3 is 2.50 bits per heavy atom. The molecule has 0 aromatic heterocycles. The van der Waals surface area contributed by atoms with E-state index in [1.807, 2.05) is 0 Å². The topological polar surface area (TPSA) is 32.8 Å². The number of halogens is 1. The Bertz CT molecular complexity index is 857. The van der Waals surface area contributed by atoms with Crippen LogP contribution in [0.4, 0.5) is 10.1 Å². The number of aryl methyl sites for hydroxylation is 2. The lowest BCUT2D eigenvalue weighted by molar-refractivity contribution is -0.144. The molecule has 1 spiro atoms. The molecule has 2 heterocycles. The summed E-state index contributed by atoms with van der Waals surface area (Å²) in [4.78, 5) is 16.6. The minimum Gasteiger partial charge on any atom is -0.363 e. The zero-order valence-electron chi connectivity index (χ0n) is 16.6. The highest BCUT2D eigenvalue weighted by Gasteiger charge is 2.42. The quantitative estimate of drug-likeness (QED) is 0.809. The summed E-state index contributed by atoms with van der Waals surface area (Å²) in [6.07, 6.45) is 1.78. The van der Waals surface area contributed by atoms with Crippen LogP contribution >= 0.6 is 0 Å². The molecule has 0 radical (unpaired) electrons. The Labute approximate surface area is 165 Å². The van der Waals surface area contributed by atoms with Crippen LogP contribution in [0.3, 0.4) is 0 Å². The number of hydrogen-bond acceptors (Lipinski definition) is 3. The van der Waals surface area contributed by atoms with Gasteiger partial charge in [0, 0.05) is 25.3 Å². The number of likely N-dealkylation sites (tertiary alicyclic amines) is 1. The molecule has 5 heteroatoms. The molecule has 4 nitrogen and oxygen atoms in total. The lowest BCUT2D eigenvalue weighted by atomic mass is 9.88. The van der Waals surface area contributed by atoms with Crippen molar-refractivity contribution in [2.75, 3.05) is 31.1 Å². The van der Waals surface area contributed by atoms with Crippen LogP contribution in [0, 0.1) is 19.7 Å². The predicted molar refractivity (Wildman–Crippen MR) is 108 cm³/mol. The van der Waals surface area contributed by atoms with Gasteiger partial charge in [0.05, 0.1) is 12.1 Å². The number of hydrogen-bond donors (Lipinski definition) is 0. The molecule has 2 aromatic rings. The van der Waals surface area contributed by atoms with Gasteiger partial charge in [0.1, 0.15) is 12.4 Å². The van der Waals surface area contributed by atoms with Gasteiger partial charge in [-0.2, -0.15) is 0 Å². The molecular formula is C23H27FN2O2. The minimum absolute atomic E-state index is 0.0601. The number of anilines is 1. The third-order valence-electron chi connectivity index (χ3n) is 6.05. The largest absolute Gasteiger partial charge is 0.363 e.